The molecular weight excluding hydrogens is 398 g/mol. The molecule has 0 bridgehead atoms. The zero-order chi connectivity index (χ0) is 18.7. The highest BCUT2D eigenvalue weighted by atomic mass is 35.5. The summed E-state index contributed by atoms with van der Waals surface area (Å²) in [5.41, 5.74) is 0.648. The topological polar surface area (TPSA) is 49.4 Å². The van der Waals surface area contributed by atoms with E-state index in [9.17, 15) is 12.8 Å². The molecule has 0 atom stereocenters. The van der Waals surface area contributed by atoms with Gasteiger partial charge in [0.2, 0.25) is 10.0 Å². The van der Waals surface area contributed by atoms with Gasteiger partial charge in [0.1, 0.15) is 10.7 Å². The van der Waals surface area contributed by atoms with Crippen LogP contribution in [0.2, 0.25) is 10.0 Å². The van der Waals surface area contributed by atoms with Gasteiger partial charge in [-0.1, -0.05) is 47.5 Å². The van der Waals surface area contributed by atoms with Gasteiger partial charge < -0.3 is 0 Å². The van der Waals surface area contributed by atoms with E-state index >= 15 is 0 Å². The number of piperidine rings is 1. The van der Waals surface area contributed by atoms with Crippen molar-refractivity contribution >= 4 is 33.2 Å². The van der Waals surface area contributed by atoms with Gasteiger partial charge in [-0.3, -0.25) is 4.90 Å². The molecule has 0 saturated carbocycles. The van der Waals surface area contributed by atoms with Crippen molar-refractivity contribution in [1.82, 2.24) is 9.62 Å². The standard InChI is InChI=1S/C18H19Cl2FN2O2S/c19-15-5-3-6-16(20)18(15)26(24,25)22-14-8-10-23(11-9-14)12-13-4-1-2-7-17(13)21/h1-7,14,22H,8-12H2. The minimum atomic E-state index is -3.80. The third kappa shape index (κ3) is 4.56. The lowest BCUT2D eigenvalue weighted by molar-refractivity contribution is 0.198. The molecule has 1 fully saturated rings. The van der Waals surface area contributed by atoms with Crippen molar-refractivity contribution in [3.8, 4) is 0 Å². The second-order valence-electron chi connectivity index (χ2n) is 6.31. The van der Waals surface area contributed by atoms with Crippen LogP contribution in [0.25, 0.3) is 0 Å². The smallest absolute Gasteiger partial charge is 0.243 e. The summed E-state index contributed by atoms with van der Waals surface area (Å²) >= 11 is 12.0. The molecule has 3 rings (SSSR count). The average molecular weight is 417 g/mol. The molecule has 8 heteroatoms. The summed E-state index contributed by atoms with van der Waals surface area (Å²) in [6.45, 7) is 1.87. The fourth-order valence-electron chi connectivity index (χ4n) is 3.09. The van der Waals surface area contributed by atoms with Crippen LogP contribution in [0, 0.1) is 5.82 Å². The van der Waals surface area contributed by atoms with E-state index in [1.807, 2.05) is 6.07 Å². The minimum Gasteiger partial charge on any atom is -0.299 e. The van der Waals surface area contributed by atoms with Gasteiger partial charge in [-0.05, 0) is 31.0 Å². The third-order valence-corrected chi connectivity index (χ3v) is 6.92. The SMILES string of the molecule is O=S(=O)(NC1CCN(Cc2ccccc2F)CC1)c1c(Cl)cccc1Cl. The van der Waals surface area contributed by atoms with Crippen molar-refractivity contribution in [2.45, 2.75) is 30.3 Å². The molecular formula is C18H19Cl2FN2O2S. The van der Waals surface area contributed by atoms with Gasteiger partial charge in [0.05, 0.1) is 10.0 Å². The number of nitrogens with one attached hydrogen (secondary N) is 1. The maximum absolute atomic E-state index is 13.8. The Bertz CT molecular complexity index is 864. The normalized spacial score (nSPS) is 16.7. The van der Waals surface area contributed by atoms with Gasteiger partial charge in [-0.2, -0.15) is 0 Å². The molecule has 26 heavy (non-hydrogen) atoms. The van der Waals surface area contributed by atoms with Crippen molar-refractivity contribution in [3.05, 3.63) is 63.9 Å². The van der Waals surface area contributed by atoms with E-state index in [2.05, 4.69) is 9.62 Å². The summed E-state index contributed by atoms with van der Waals surface area (Å²) in [5, 5.41) is 0.198. The van der Waals surface area contributed by atoms with E-state index in [4.69, 9.17) is 23.2 Å². The Morgan fingerprint density at radius 2 is 1.65 bits per heavy atom. The molecule has 0 spiro atoms. The number of likely N-dealkylation sites (tertiary alicyclic amines) is 1. The highest BCUT2D eigenvalue weighted by Gasteiger charge is 2.27. The molecule has 0 radical (unpaired) electrons. The zero-order valence-electron chi connectivity index (χ0n) is 14.0. The first kappa shape index (κ1) is 19.6. The zero-order valence-corrected chi connectivity index (χ0v) is 16.3. The molecule has 0 aliphatic carbocycles. The van der Waals surface area contributed by atoms with Crippen molar-refractivity contribution in [3.63, 3.8) is 0 Å². The van der Waals surface area contributed by atoms with Gasteiger partial charge in [-0.25, -0.2) is 17.5 Å². The Morgan fingerprint density at radius 1 is 1.04 bits per heavy atom. The van der Waals surface area contributed by atoms with Crippen LogP contribution in [-0.4, -0.2) is 32.4 Å². The highest BCUT2D eigenvalue weighted by Crippen LogP contribution is 2.29. The molecule has 4 nitrogen and oxygen atoms in total. The Morgan fingerprint density at radius 3 is 2.27 bits per heavy atom. The summed E-state index contributed by atoms with van der Waals surface area (Å²) in [6.07, 6.45) is 1.27. The van der Waals surface area contributed by atoms with Gasteiger partial charge in [0.15, 0.2) is 0 Å². The van der Waals surface area contributed by atoms with E-state index < -0.39 is 10.0 Å². The van der Waals surface area contributed by atoms with Crippen LogP contribution in [0.15, 0.2) is 47.4 Å². The van der Waals surface area contributed by atoms with Gasteiger partial charge in [0.25, 0.3) is 0 Å². The maximum atomic E-state index is 13.8. The molecule has 2 aromatic rings. The molecule has 2 aromatic carbocycles. The molecule has 0 aromatic heterocycles. The third-order valence-electron chi connectivity index (χ3n) is 4.45. The van der Waals surface area contributed by atoms with E-state index in [1.54, 1.807) is 18.2 Å². The monoisotopic (exact) mass is 416 g/mol. The van der Waals surface area contributed by atoms with E-state index in [1.165, 1.54) is 18.2 Å². The van der Waals surface area contributed by atoms with Gasteiger partial charge >= 0.3 is 0 Å². The fourth-order valence-corrected chi connectivity index (χ4v) is 5.54. The van der Waals surface area contributed by atoms with E-state index in [0.29, 0.717) is 38.0 Å². The molecule has 1 aliphatic heterocycles. The quantitative estimate of drug-likeness (QED) is 0.798. The number of hydrogen-bond donors (Lipinski definition) is 1. The van der Waals surface area contributed by atoms with Crippen LogP contribution >= 0.6 is 23.2 Å². The number of nitrogens with zero attached hydrogens (tertiary/aromatic N) is 1. The van der Waals surface area contributed by atoms with Crippen LogP contribution in [0.5, 0.6) is 0 Å². The fraction of sp³-hybridized carbons (Fsp3) is 0.333. The van der Waals surface area contributed by atoms with Crippen LogP contribution in [0.4, 0.5) is 4.39 Å². The Hall–Kier alpha value is -1.18. The largest absolute Gasteiger partial charge is 0.299 e. The van der Waals surface area contributed by atoms with Crippen molar-refractivity contribution in [1.29, 1.82) is 0 Å². The summed E-state index contributed by atoms with van der Waals surface area (Å²) in [5.74, 6) is -0.219. The number of rotatable bonds is 5. The number of hydrogen-bond acceptors (Lipinski definition) is 3. The summed E-state index contributed by atoms with van der Waals surface area (Å²) in [4.78, 5) is 2.03. The van der Waals surface area contributed by atoms with Crippen LogP contribution in [0.1, 0.15) is 18.4 Å². The Labute approximate surface area is 163 Å². The summed E-state index contributed by atoms with van der Waals surface area (Å²) in [6, 6.07) is 11.1. The predicted octanol–water partition coefficient (Wildman–Crippen LogP) is 4.08. The lowest BCUT2D eigenvalue weighted by Gasteiger charge is -2.32. The van der Waals surface area contributed by atoms with Crippen molar-refractivity contribution in [2.24, 2.45) is 0 Å². The molecule has 1 aliphatic rings. The molecule has 1 N–H and O–H groups in total. The molecule has 0 unspecified atom stereocenters. The molecule has 1 saturated heterocycles. The van der Waals surface area contributed by atoms with Crippen LogP contribution < -0.4 is 4.72 Å². The first-order chi connectivity index (χ1) is 12.4. The highest BCUT2D eigenvalue weighted by molar-refractivity contribution is 7.89. The van der Waals surface area contributed by atoms with Gasteiger partial charge in [0, 0.05) is 31.2 Å². The lowest BCUT2D eigenvalue weighted by Crippen LogP contribution is -2.44. The average Bonchev–Trinajstić information content (AvgIpc) is 2.58. The number of benzene rings is 2. The predicted molar refractivity (Wildman–Crippen MR) is 101 cm³/mol. The Kier molecular flexibility index (Phi) is 6.20. The van der Waals surface area contributed by atoms with Crippen molar-refractivity contribution < 1.29 is 12.8 Å². The number of sulfonamides is 1. The number of halogens is 3. The maximum Gasteiger partial charge on any atom is 0.243 e. The molecule has 0 amide bonds. The Balaban J connectivity index is 1.61. The summed E-state index contributed by atoms with van der Waals surface area (Å²) < 4.78 is 41.7. The van der Waals surface area contributed by atoms with Crippen LogP contribution in [0.3, 0.4) is 0 Å². The van der Waals surface area contributed by atoms with E-state index in [0.717, 1.165) is 0 Å². The summed E-state index contributed by atoms with van der Waals surface area (Å²) in [7, 11) is -3.80. The van der Waals surface area contributed by atoms with Crippen LogP contribution in [-0.2, 0) is 16.6 Å². The first-order valence-electron chi connectivity index (χ1n) is 8.29. The van der Waals surface area contributed by atoms with E-state index in [-0.39, 0.29) is 26.8 Å². The molecule has 1 heterocycles. The molecule has 140 valence electrons. The van der Waals surface area contributed by atoms with Gasteiger partial charge in [-0.15, -0.1) is 0 Å². The van der Waals surface area contributed by atoms with Crippen molar-refractivity contribution in [2.75, 3.05) is 13.1 Å². The minimum absolute atomic E-state index is 0.0860. The lowest BCUT2D eigenvalue weighted by atomic mass is 10.1. The second kappa shape index (κ2) is 8.23. The second-order valence-corrected chi connectivity index (χ2v) is 8.78. The first-order valence-corrected chi connectivity index (χ1v) is 10.5.